The first-order valence-electron chi connectivity index (χ1n) is 16.0. The summed E-state index contributed by atoms with van der Waals surface area (Å²) < 4.78 is 2.35. The zero-order chi connectivity index (χ0) is 32.1. The fourth-order valence-corrected chi connectivity index (χ4v) is 7.24. The van der Waals surface area contributed by atoms with Gasteiger partial charge in [0.2, 0.25) is 0 Å². The van der Waals surface area contributed by atoms with Crippen molar-refractivity contribution in [1.82, 2.24) is 19.5 Å². The molecule has 0 radical (unpaired) electrons. The van der Waals surface area contributed by atoms with Gasteiger partial charge in [0.15, 0.2) is 17.5 Å². The molecule has 0 saturated carbocycles. The van der Waals surface area contributed by atoms with E-state index in [1.165, 1.54) is 38.4 Å². The summed E-state index contributed by atoms with van der Waals surface area (Å²) in [6.45, 7) is 10.9. The molecule has 0 aliphatic heterocycles. The van der Waals surface area contributed by atoms with E-state index in [2.05, 4.69) is 105 Å². The van der Waals surface area contributed by atoms with Crippen LogP contribution in [-0.4, -0.2) is 19.5 Å². The first-order valence-corrected chi connectivity index (χ1v) is 16.0. The largest absolute Gasteiger partial charge is 0.309 e. The molecule has 0 N–H and O–H groups in total. The Kier molecular flexibility index (Phi) is 6.80. The molecule has 0 fully saturated rings. The molecule has 1 aliphatic carbocycles. The van der Waals surface area contributed by atoms with Crippen LogP contribution >= 0.6 is 0 Å². The lowest BCUT2D eigenvalue weighted by Crippen LogP contribution is -2.28. The normalized spacial score (nSPS) is 13.9. The van der Waals surface area contributed by atoms with Crippen LogP contribution in [0.25, 0.3) is 74.0 Å². The lowest BCUT2D eigenvalue weighted by molar-refractivity contribution is 0.666. The molecule has 8 rings (SSSR count). The van der Waals surface area contributed by atoms with Crippen molar-refractivity contribution in [2.45, 2.75) is 26.2 Å². The van der Waals surface area contributed by atoms with Crippen LogP contribution in [0.15, 0.2) is 134 Å². The van der Waals surface area contributed by atoms with Crippen molar-refractivity contribution >= 4 is 23.1 Å². The maximum Gasteiger partial charge on any atom is 0.164 e. The number of rotatable bonds is 5. The van der Waals surface area contributed by atoms with E-state index in [1.807, 2.05) is 66.7 Å². The van der Waals surface area contributed by atoms with Gasteiger partial charge in [0, 0.05) is 38.4 Å². The van der Waals surface area contributed by atoms with E-state index in [1.54, 1.807) is 0 Å². The highest BCUT2D eigenvalue weighted by Gasteiger charge is 2.37. The van der Waals surface area contributed by atoms with E-state index in [4.69, 9.17) is 15.0 Å². The highest BCUT2D eigenvalue weighted by atomic mass is 15.0. The predicted molar refractivity (Wildman–Crippen MR) is 195 cm³/mol. The van der Waals surface area contributed by atoms with E-state index in [9.17, 15) is 0 Å². The van der Waals surface area contributed by atoms with Crippen molar-refractivity contribution in [3.63, 3.8) is 0 Å². The third kappa shape index (κ3) is 4.56. The molecule has 0 amide bonds. The molecule has 226 valence electrons. The standard InChI is InChI=1S/C43H34N4/c1-5-15-36-32(6-2)38-37(27-26-34-33-20-13-14-21-35(33)43(3,4)39(34)38)47(36)31-24-22-30(23-25-31)42-45-40(28-16-9-7-10-17-28)44-41(46-42)29-18-11-8-12-19-29/h5-27H,1H2,2-4H3/b32-6+,36-15+. The molecule has 4 heteroatoms. The third-order valence-corrected chi connectivity index (χ3v) is 9.37. The van der Waals surface area contributed by atoms with Gasteiger partial charge in [0.25, 0.3) is 0 Å². The Bertz CT molecular complexity index is 2380. The Labute approximate surface area is 274 Å². The minimum absolute atomic E-state index is 0.129. The summed E-state index contributed by atoms with van der Waals surface area (Å²) in [5, 5.41) is 3.63. The SMILES string of the molecule is C=C/C=c1\c(=C/C)c2c3c(ccc2n1-c1ccc(-c2nc(-c4ccccc4)nc(-c4ccccc4)n2)cc1)-c1ccccc1C3(C)C. The molecule has 0 saturated heterocycles. The van der Waals surface area contributed by atoms with Gasteiger partial charge in [-0.3, -0.25) is 0 Å². The van der Waals surface area contributed by atoms with Gasteiger partial charge in [0.1, 0.15) is 0 Å². The number of hydrogen-bond donors (Lipinski definition) is 0. The Balaban J connectivity index is 1.31. The van der Waals surface area contributed by atoms with Crippen molar-refractivity contribution in [3.8, 4) is 51.0 Å². The molecule has 2 heterocycles. The van der Waals surface area contributed by atoms with Gasteiger partial charge in [-0.1, -0.05) is 124 Å². The van der Waals surface area contributed by atoms with Gasteiger partial charge in [-0.05, 0) is 65.6 Å². The Morgan fingerprint density at radius 3 is 1.74 bits per heavy atom. The van der Waals surface area contributed by atoms with Crippen LogP contribution in [0.2, 0.25) is 0 Å². The maximum atomic E-state index is 4.94. The lowest BCUT2D eigenvalue weighted by atomic mass is 9.80. The average molecular weight is 607 g/mol. The van der Waals surface area contributed by atoms with Crippen LogP contribution in [0.4, 0.5) is 0 Å². The molecular formula is C43H34N4. The van der Waals surface area contributed by atoms with E-state index >= 15 is 0 Å². The number of allylic oxidation sites excluding steroid dienone is 1. The minimum Gasteiger partial charge on any atom is -0.309 e. The van der Waals surface area contributed by atoms with Gasteiger partial charge >= 0.3 is 0 Å². The van der Waals surface area contributed by atoms with Crippen LogP contribution in [0.1, 0.15) is 31.9 Å². The van der Waals surface area contributed by atoms with Gasteiger partial charge < -0.3 is 4.57 Å². The smallest absolute Gasteiger partial charge is 0.164 e. The molecule has 2 aromatic heterocycles. The fourth-order valence-electron chi connectivity index (χ4n) is 7.24. The summed E-state index contributed by atoms with van der Waals surface area (Å²) in [6.07, 6.45) is 6.24. The number of benzene rings is 5. The highest BCUT2D eigenvalue weighted by Crippen LogP contribution is 2.50. The molecule has 5 aromatic carbocycles. The summed E-state index contributed by atoms with van der Waals surface area (Å²) in [7, 11) is 0. The minimum atomic E-state index is -0.129. The molecular weight excluding hydrogens is 573 g/mol. The molecule has 47 heavy (non-hydrogen) atoms. The number of fused-ring (bicyclic) bond motifs is 5. The molecule has 0 unspecified atom stereocenters. The van der Waals surface area contributed by atoms with Crippen LogP contribution in [0.5, 0.6) is 0 Å². The van der Waals surface area contributed by atoms with E-state index in [-0.39, 0.29) is 5.41 Å². The molecule has 0 bridgehead atoms. The Morgan fingerprint density at radius 2 is 1.17 bits per heavy atom. The van der Waals surface area contributed by atoms with Crippen molar-refractivity contribution in [3.05, 3.63) is 156 Å². The Morgan fingerprint density at radius 1 is 0.617 bits per heavy atom. The molecule has 1 aliphatic rings. The monoisotopic (exact) mass is 606 g/mol. The van der Waals surface area contributed by atoms with Crippen molar-refractivity contribution < 1.29 is 0 Å². The van der Waals surface area contributed by atoms with Crippen LogP contribution in [-0.2, 0) is 5.41 Å². The highest BCUT2D eigenvalue weighted by molar-refractivity contribution is 5.98. The van der Waals surface area contributed by atoms with Crippen molar-refractivity contribution in [2.24, 2.45) is 0 Å². The topological polar surface area (TPSA) is 43.6 Å². The Hall–Kier alpha value is -5.87. The second-order valence-corrected chi connectivity index (χ2v) is 12.5. The van der Waals surface area contributed by atoms with Gasteiger partial charge in [-0.2, -0.15) is 0 Å². The lowest BCUT2D eigenvalue weighted by Gasteiger charge is -2.22. The molecule has 4 nitrogen and oxygen atoms in total. The van der Waals surface area contributed by atoms with Crippen LogP contribution in [0, 0.1) is 0 Å². The molecule has 7 aromatic rings. The quantitative estimate of drug-likeness (QED) is 0.197. The van der Waals surface area contributed by atoms with E-state index in [0.29, 0.717) is 17.5 Å². The first-order chi connectivity index (χ1) is 23.0. The van der Waals surface area contributed by atoms with Gasteiger partial charge in [-0.15, -0.1) is 0 Å². The molecule has 0 spiro atoms. The number of hydrogen-bond acceptors (Lipinski definition) is 3. The van der Waals surface area contributed by atoms with Crippen LogP contribution < -0.4 is 10.6 Å². The third-order valence-electron chi connectivity index (χ3n) is 9.37. The second-order valence-electron chi connectivity index (χ2n) is 12.5. The average Bonchev–Trinajstić information content (AvgIpc) is 3.56. The first kappa shape index (κ1) is 28.6. The summed E-state index contributed by atoms with van der Waals surface area (Å²) in [4.78, 5) is 14.7. The van der Waals surface area contributed by atoms with Crippen LogP contribution in [0.3, 0.4) is 0 Å². The summed E-state index contributed by atoms with van der Waals surface area (Å²) in [5.41, 5.74) is 10.3. The van der Waals surface area contributed by atoms with E-state index < -0.39 is 0 Å². The fraction of sp³-hybridized carbons (Fsp3) is 0.0930. The zero-order valence-corrected chi connectivity index (χ0v) is 26.8. The second kappa shape index (κ2) is 11.2. The van der Waals surface area contributed by atoms with Crippen molar-refractivity contribution in [1.29, 1.82) is 0 Å². The number of aromatic nitrogens is 4. The summed E-state index contributed by atoms with van der Waals surface area (Å²) >= 11 is 0. The summed E-state index contributed by atoms with van der Waals surface area (Å²) in [6, 6.07) is 42.1. The predicted octanol–water partition coefficient (Wildman–Crippen LogP) is 8.89. The summed E-state index contributed by atoms with van der Waals surface area (Å²) in [5.74, 6) is 1.94. The maximum absolute atomic E-state index is 4.94. The van der Waals surface area contributed by atoms with Gasteiger partial charge in [0.05, 0.1) is 10.9 Å². The van der Waals surface area contributed by atoms with E-state index in [0.717, 1.165) is 27.7 Å². The van der Waals surface area contributed by atoms with Gasteiger partial charge in [-0.25, -0.2) is 15.0 Å². The number of nitrogens with zero attached hydrogens (tertiary/aromatic N) is 4. The molecule has 0 atom stereocenters. The van der Waals surface area contributed by atoms with Crippen molar-refractivity contribution in [2.75, 3.05) is 0 Å². The zero-order valence-electron chi connectivity index (χ0n) is 26.8.